The van der Waals surface area contributed by atoms with Crippen molar-refractivity contribution in [3.63, 3.8) is 0 Å². The number of anilines is 1. The molecule has 4 rings (SSSR count). The van der Waals surface area contributed by atoms with Crippen molar-refractivity contribution in [2.75, 3.05) is 12.8 Å². The number of oxime groups is 1. The Kier molecular flexibility index (Phi) is 8.65. The topological polar surface area (TPSA) is 176 Å². The van der Waals surface area contributed by atoms with E-state index in [-0.39, 0.29) is 46.1 Å². The van der Waals surface area contributed by atoms with Crippen molar-refractivity contribution in [2.24, 2.45) is 5.16 Å². The summed E-state index contributed by atoms with van der Waals surface area (Å²) in [4.78, 5) is 61.2. The van der Waals surface area contributed by atoms with Gasteiger partial charge in [-0.15, -0.1) is 23.1 Å². The van der Waals surface area contributed by atoms with E-state index in [1.165, 1.54) is 29.2 Å². The number of rotatable bonds is 7. The fourth-order valence-corrected chi connectivity index (χ4v) is 6.88. The van der Waals surface area contributed by atoms with Crippen LogP contribution in [0.25, 0.3) is 0 Å². The van der Waals surface area contributed by atoms with Crippen LogP contribution >= 0.6 is 23.1 Å². The Morgan fingerprint density at radius 3 is 2.50 bits per heavy atom. The first-order valence-corrected chi connectivity index (χ1v) is 12.8. The number of thioether (sulfide) groups is 1. The first-order valence-electron chi connectivity index (χ1n) is 11.1. The van der Waals surface area contributed by atoms with Crippen molar-refractivity contribution in [3.05, 3.63) is 11.1 Å². The van der Waals surface area contributed by atoms with E-state index in [2.05, 4.69) is 15.5 Å². The number of β-lactam (4-membered cyclic amide) rings is 1. The molecule has 0 radical (unpaired) electrons. The molecule has 0 spiro atoms. The Labute approximate surface area is 238 Å². The quantitative estimate of drug-likeness (QED) is 0.115. The number of aliphatic carboxylic acids is 1. The van der Waals surface area contributed by atoms with E-state index < -0.39 is 51.6 Å². The van der Waals surface area contributed by atoms with Gasteiger partial charge in [-0.05, 0) is 26.7 Å². The van der Waals surface area contributed by atoms with E-state index in [1.807, 2.05) is 0 Å². The maximum atomic E-state index is 13.3. The molecule has 3 aliphatic rings. The van der Waals surface area contributed by atoms with Crippen LogP contribution in [0.15, 0.2) is 10.5 Å². The standard InChI is InChI=1S/C21H27N5O7S2.Na/c1-20(2)13(17(29)30)26-15(28)12(16(26)35-20)24-14(27)11(10-9-34-19(22)23-10)25-33-21(18(31)32-3)7-5-4-6-8-21;/h9,12-13,16H,4-8H2,1-3H3,(H2,22,23)(H,24,27)(H,29,30);/q;+1/p-1/b25-11-;/t12-,13-,16+;/m0./s1. The average Bonchev–Trinajstić information content (AvgIpc) is 3.35. The van der Waals surface area contributed by atoms with Crippen LogP contribution in [0.4, 0.5) is 5.13 Å². The summed E-state index contributed by atoms with van der Waals surface area (Å²) in [5.74, 6) is -3.23. The van der Waals surface area contributed by atoms with E-state index in [9.17, 15) is 24.3 Å². The third kappa shape index (κ3) is 5.10. The number of nitrogens with two attached hydrogens (primary N) is 1. The first-order chi connectivity index (χ1) is 16.5. The van der Waals surface area contributed by atoms with Crippen LogP contribution in [0.1, 0.15) is 51.6 Å². The van der Waals surface area contributed by atoms with Gasteiger partial charge >= 0.3 is 35.5 Å². The number of thiazole rings is 1. The molecule has 2 amide bonds. The molecule has 2 saturated heterocycles. The molecule has 3 N–H and O–H groups in total. The maximum Gasteiger partial charge on any atom is 1.00 e. The number of carbonyl (C=O) groups is 4. The predicted molar refractivity (Wildman–Crippen MR) is 125 cm³/mol. The molecule has 1 aromatic rings. The summed E-state index contributed by atoms with van der Waals surface area (Å²) in [5, 5.41) is 19.4. The molecule has 0 aromatic carbocycles. The molecule has 190 valence electrons. The molecular weight excluding hydrogens is 521 g/mol. The van der Waals surface area contributed by atoms with Crippen LogP contribution in [0.2, 0.25) is 0 Å². The Morgan fingerprint density at radius 1 is 1.28 bits per heavy atom. The number of nitrogens with one attached hydrogen (secondary N) is 1. The summed E-state index contributed by atoms with van der Waals surface area (Å²) in [6.07, 6.45) is 3.16. The summed E-state index contributed by atoms with van der Waals surface area (Å²) < 4.78 is 4.13. The molecule has 1 aromatic heterocycles. The minimum Gasteiger partial charge on any atom is -0.548 e. The number of hydrogen-bond acceptors (Lipinski definition) is 12. The van der Waals surface area contributed by atoms with Crippen LogP contribution in [0, 0.1) is 0 Å². The molecule has 3 heterocycles. The fourth-order valence-electron chi connectivity index (χ4n) is 4.71. The zero-order valence-corrected chi connectivity index (χ0v) is 24.1. The largest absolute Gasteiger partial charge is 1.00 e. The van der Waals surface area contributed by atoms with Crippen LogP contribution in [-0.4, -0.2) is 74.3 Å². The molecule has 3 atom stereocenters. The third-order valence-electron chi connectivity index (χ3n) is 6.46. The van der Waals surface area contributed by atoms with Gasteiger partial charge in [0.05, 0.1) is 19.1 Å². The Bertz CT molecular complexity index is 1090. The summed E-state index contributed by atoms with van der Waals surface area (Å²) in [6, 6.07) is -2.08. The normalized spacial score (nSPS) is 26.2. The second kappa shape index (κ2) is 10.9. The van der Waals surface area contributed by atoms with Crippen LogP contribution < -0.4 is 45.7 Å². The smallest absolute Gasteiger partial charge is 0.548 e. The molecule has 0 unspecified atom stereocenters. The predicted octanol–water partition coefficient (Wildman–Crippen LogP) is -3.38. The first kappa shape index (κ1) is 28.7. The number of nitrogen functional groups attached to an aromatic ring is 1. The van der Waals surface area contributed by atoms with E-state index >= 15 is 0 Å². The number of fused-ring (bicyclic) bond motifs is 1. The second-order valence-electron chi connectivity index (χ2n) is 9.18. The van der Waals surface area contributed by atoms with Gasteiger partial charge < -0.3 is 35.4 Å². The van der Waals surface area contributed by atoms with Crippen molar-refractivity contribution >= 4 is 57.7 Å². The zero-order chi connectivity index (χ0) is 25.5. The van der Waals surface area contributed by atoms with Crippen molar-refractivity contribution in [1.82, 2.24) is 15.2 Å². The van der Waals surface area contributed by atoms with E-state index in [0.29, 0.717) is 12.8 Å². The molecular formula is C21H26N5NaO7S2. The number of methoxy groups -OCH3 is 1. The summed E-state index contributed by atoms with van der Waals surface area (Å²) in [7, 11) is 1.26. The van der Waals surface area contributed by atoms with Crippen molar-refractivity contribution in [2.45, 2.75) is 73.8 Å². The molecule has 36 heavy (non-hydrogen) atoms. The van der Waals surface area contributed by atoms with Crippen LogP contribution in [0.3, 0.4) is 0 Å². The molecule has 1 aliphatic carbocycles. The number of nitrogens with zero attached hydrogens (tertiary/aromatic N) is 3. The summed E-state index contributed by atoms with van der Waals surface area (Å²) >= 11 is 2.35. The maximum absolute atomic E-state index is 13.3. The summed E-state index contributed by atoms with van der Waals surface area (Å²) in [5.41, 5.74) is 4.28. The Morgan fingerprint density at radius 2 is 1.94 bits per heavy atom. The van der Waals surface area contributed by atoms with Gasteiger partial charge in [-0.1, -0.05) is 11.6 Å². The molecule has 15 heteroatoms. The summed E-state index contributed by atoms with van der Waals surface area (Å²) in [6.45, 7) is 3.41. The Hall–Kier alpha value is -1.87. The van der Waals surface area contributed by atoms with Gasteiger partial charge in [0.25, 0.3) is 5.91 Å². The van der Waals surface area contributed by atoms with E-state index in [1.54, 1.807) is 13.8 Å². The monoisotopic (exact) mass is 547 g/mol. The van der Waals surface area contributed by atoms with Crippen molar-refractivity contribution in [1.29, 1.82) is 0 Å². The Balaban J connectivity index is 0.00000361. The number of esters is 1. The zero-order valence-electron chi connectivity index (χ0n) is 20.4. The van der Waals surface area contributed by atoms with E-state index in [4.69, 9.17) is 15.3 Å². The molecule has 12 nitrogen and oxygen atoms in total. The second-order valence-corrected chi connectivity index (χ2v) is 11.8. The van der Waals surface area contributed by atoms with Gasteiger partial charge in [0.1, 0.15) is 17.1 Å². The molecule has 1 saturated carbocycles. The van der Waals surface area contributed by atoms with Gasteiger partial charge in [0, 0.05) is 23.0 Å². The average molecular weight is 548 g/mol. The molecule has 2 aliphatic heterocycles. The third-order valence-corrected chi connectivity index (χ3v) is 8.71. The van der Waals surface area contributed by atoms with Crippen LogP contribution in [0.5, 0.6) is 0 Å². The number of aromatic nitrogens is 1. The number of carboxylic acid groups (broad SMARTS) is 1. The minimum absolute atomic E-state index is 0. The van der Waals surface area contributed by atoms with Gasteiger partial charge in [0.2, 0.25) is 11.5 Å². The number of carboxylic acids is 1. The van der Waals surface area contributed by atoms with Crippen molar-refractivity contribution in [3.8, 4) is 0 Å². The van der Waals surface area contributed by atoms with Gasteiger partial charge in [0.15, 0.2) is 10.8 Å². The SMILES string of the molecule is COC(=O)C1(O/N=C(\C(=O)N[C@H]2C(=O)N3[C@@H]2SC(C)(C)[C@@H]3C(=O)[O-])c2csc(N)n2)CCCCC1.[Na+]. The molecule has 3 fully saturated rings. The number of ether oxygens (including phenoxy) is 1. The number of hydrogen-bond donors (Lipinski definition) is 2. The van der Waals surface area contributed by atoms with Gasteiger partial charge in [-0.25, -0.2) is 9.78 Å². The van der Waals surface area contributed by atoms with Crippen LogP contribution in [-0.2, 0) is 28.8 Å². The van der Waals surface area contributed by atoms with Gasteiger partial charge in [-0.3, -0.25) is 9.59 Å². The minimum atomic E-state index is -1.35. The van der Waals surface area contributed by atoms with Gasteiger partial charge in [-0.2, -0.15) is 0 Å². The number of carbonyl (C=O) groups excluding carboxylic acids is 4. The van der Waals surface area contributed by atoms with E-state index in [0.717, 1.165) is 30.6 Å². The fraction of sp³-hybridized carbons (Fsp3) is 0.619. The number of amides is 2. The van der Waals surface area contributed by atoms with Crippen molar-refractivity contribution < 1.29 is 63.4 Å². The molecule has 0 bridgehead atoms.